The number of ether oxygens (including phenoxy) is 1. The minimum atomic E-state index is -0.241. The van der Waals surface area contributed by atoms with E-state index in [1.807, 2.05) is 25.1 Å². The summed E-state index contributed by atoms with van der Waals surface area (Å²) in [5.41, 5.74) is 2.98. The SMILES string of the molecule is CCOC(=O)c1ccc2c(c1)C1C=CCC1C(c1cccs1)N2. The highest BCUT2D eigenvalue weighted by atomic mass is 32.1. The predicted octanol–water partition coefficient (Wildman–Crippen LogP) is 4.75. The van der Waals surface area contributed by atoms with Crippen LogP contribution in [-0.2, 0) is 4.74 Å². The maximum atomic E-state index is 12.0. The van der Waals surface area contributed by atoms with Gasteiger partial charge in [0.05, 0.1) is 18.2 Å². The average molecular weight is 325 g/mol. The van der Waals surface area contributed by atoms with Crippen LogP contribution >= 0.6 is 11.3 Å². The van der Waals surface area contributed by atoms with Crippen molar-refractivity contribution in [3.05, 3.63) is 63.9 Å². The standard InChI is InChI=1S/C19H19NO2S/c1-2-22-19(21)12-8-9-16-15(11-12)13-5-3-6-14(13)18(20-16)17-7-4-10-23-17/h3-5,7-11,13-14,18,20H,2,6H2,1H3. The molecule has 0 saturated carbocycles. The van der Waals surface area contributed by atoms with Crippen LogP contribution in [0.2, 0.25) is 0 Å². The number of rotatable bonds is 3. The van der Waals surface area contributed by atoms with Crippen molar-refractivity contribution in [2.75, 3.05) is 11.9 Å². The average Bonchev–Trinajstić information content (AvgIpc) is 3.25. The Morgan fingerprint density at radius 2 is 2.30 bits per heavy atom. The Balaban J connectivity index is 1.72. The summed E-state index contributed by atoms with van der Waals surface area (Å²) in [4.78, 5) is 13.4. The van der Waals surface area contributed by atoms with Gasteiger partial charge in [-0.05, 0) is 54.5 Å². The van der Waals surface area contributed by atoms with Gasteiger partial charge in [-0.2, -0.15) is 0 Å². The third-order valence-electron chi connectivity index (χ3n) is 4.72. The molecule has 0 amide bonds. The summed E-state index contributed by atoms with van der Waals surface area (Å²) >= 11 is 1.80. The van der Waals surface area contributed by atoms with E-state index in [2.05, 4.69) is 35.0 Å². The normalized spacial score (nSPS) is 24.7. The summed E-state index contributed by atoms with van der Waals surface area (Å²) in [5, 5.41) is 5.82. The van der Waals surface area contributed by atoms with Crippen LogP contribution in [0.15, 0.2) is 47.9 Å². The van der Waals surface area contributed by atoms with Crippen LogP contribution in [0, 0.1) is 5.92 Å². The van der Waals surface area contributed by atoms with Crippen LogP contribution in [0.25, 0.3) is 0 Å². The molecule has 1 aliphatic heterocycles. The molecule has 1 aromatic heterocycles. The lowest BCUT2D eigenvalue weighted by atomic mass is 9.78. The third-order valence-corrected chi connectivity index (χ3v) is 5.68. The van der Waals surface area contributed by atoms with Gasteiger partial charge in [-0.1, -0.05) is 18.2 Å². The monoisotopic (exact) mass is 325 g/mol. The van der Waals surface area contributed by atoms with E-state index in [0.717, 1.165) is 12.1 Å². The number of allylic oxidation sites excluding steroid dienone is 2. The highest BCUT2D eigenvalue weighted by Gasteiger charge is 2.38. The number of fused-ring (bicyclic) bond motifs is 3. The number of benzene rings is 1. The molecule has 118 valence electrons. The zero-order chi connectivity index (χ0) is 15.8. The molecule has 3 unspecified atom stereocenters. The molecule has 3 atom stereocenters. The topological polar surface area (TPSA) is 38.3 Å². The van der Waals surface area contributed by atoms with Crippen LogP contribution in [0.1, 0.15) is 46.1 Å². The minimum Gasteiger partial charge on any atom is -0.462 e. The van der Waals surface area contributed by atoms with Crippen LogP contribution in [-0.4, -0.2) is 12.6 Å². The second-order valence-corrected chi connectivity index (χ2v) is 6.99. The smallest absolute Gasteiger partial charge is 0.338 e. The van der Waals surface area contributed by atoms with Gasteiger partial charge in [0.25, 0.3) is 0 Å². The molecule has 0 radical (unpaired) electrons. The van der Waals surface area contributed by atoms with Crippen LogP contribution in [0.5, 0.6) is 0 Å². The van der Waals surface area contributed by atoms with Gasteiger partial charge in [0.1, 0.15) is 0 Å². The van der Waals surface area contributed by atoms with E-state index in [9.17, 15) is 4.79 Å². The Labute approximate surface area is 140 Å². The van der Waals surface area contributed by atoms with Crippen LogP contribution in [0.3, 0.4) is 0 Å². The van der Waals surface area contributed by atoms with E-state index in [4.69, 9.17) is 4.74 Å². The molecular weight excluding hydrogens is 306 g/mol. The van der Waals surface area contributed by atoms with Crippen molar-refractivity contribution < 1.29 is 9.53 Å². The van der Waals surface area contributed by atoms with Gasteiger partial charge in [-0.15, -0.1) is 11.3 Å². The van der Waals surface area contributed by atoms with Crippen molar-refractivity contribution in [1.82, 2.24) is 0 Å². The van der Waals surface area contributed by atoms with Crippen molar-refractivity contribution in [1.29, 1.82) is 0 Å². The number of hydrogen-bond donors (Lipinski definition) is 1. The van der Waals surface area contributed by atoms with Crippen molar-refractivity contribution >= 4 is 23.0 Å². The molecule has 4 rings (SSSR count). The van der Waals surface area contributed by atoms with Gasteiger partial charge in [-0.3, -0.25) is 0 Å². The molecule has 2 aromatic rings. The lowest BCUT2D eigenvalue weighted by Gasteiger charge is -2.37. The van der Waals surface area contributed by atoms with E-state index in [1.165, 1.54) is 10.4 Å². The van der Waals surface area contributed by atoms with E-state index in [-0.39, 0.29) is 5.97 Å². The van der Waals surface area contributed by atoms with Crippen LogP contribution in [0.4, 0.5) is 5.69 Å². The Hall–Kier alpha value is -2.07. The maximum absolute atomic E-state index is 12.0. The van der Waals surface area contributed by atoms with Gasteiger partial charge in [-0.25, -0.2) is 4.79 Å². The summed E-state index contributed by atoms with van der Waals surface area (Å²) in [5.74, 6) is 0.639. The molecule has 0 fully saturated rings. The van der Waals surface area contributed by atoms with E-state index >= 15 is 0 Å². The Bertz CT molecular complexity index is 751. The fourth-order valence-corrected chi connectivity index (χ4v) is 4.54. The summed E-state index contributed by atoms with van der Waals surface area (Å²) in [7, 11) is 0. The summed E-state index contributed by atoms with van der Waals surface area (Å²) in [6.45, 7) is 2.24. The van der Waals surface area contributed by atoms with E-state index in [1.54, 1.807) is 11.3 Å². The van der Waals surface area contributed by atoms with Crippen molar-refractivity contribution in [3.8, 4) is 0 Å². The number of hydrogen-bond acceptors (Lipinski definition) is 4. The Morgan fingerprint density at radius 3 is 3.09 bits per heavy atom. The number of esters is 1. The van der Waals surface area contributed by atoms with Gasteiger partial charge >= 0.3 is 5.97 Å². The van der Waals surface area contributed by atoms with Crippen molar-refractivity contribution in [3.63, 3.8) is 0 Å². The number of thiophene rings is 1. The first kappa shape index (κ1) is 14.5. The molecule has 3 nitrogen and oxygen atoms in total. The zero-order valence-electron chi connectivity index (χ0n) is 13.0. The lowest BCUT2D eigenvalue weighted by Crippen LogP contribution is -2.28. The molecule has 0 bridgehead atoms. The minimum absolute atomic E-state index is 0.241. The van der Waals surface area contributed by atoms with Gasteiger partial charge in [0, 0.05) is 16.5 Å². The largest absolute Gasteiger partial charge is 0.462 e. The molecule has 1 aliphatic carbocycles. The Morgan fingerprint density at radius 1 is 1.39 bits per heavy atom. The Kier molecular flexibility index (Phi) is 3.69. The number of nitrogens with one attached hydrogen (secondary N) is 1. The van der Waals surface area contributed by atoms with E-state index in [0.29, 0.717) is 30.0 Å². The number of carbonyl (C=O) groups is 1. The van der Waals surface area contributed by atoms with Gasteiger partial charge in [0.2, 0.25) is 0 Å². The summed E-state index contributed by atoms with van der Waals surface area (Å²) < 4.78 is 5.13. The first-order valence-electron chi connectivity index (χ1n) is 8.05. The molecule has 4 heteroatoms. The zero-order valence-corrected chi connectivity index (χ0v) is 13.8. The predicted molar refractivity (Wildman–Crippen MR) is 93.1 cm³/mol. The second kappa shape index (κ2) is 5.85. The highest BCUT2D eigenvalue weighted by Crippen LogP contribution is 2.50. The van der Waals surface area contributed by atoms with Crippen molar-refractivity contribution in [2.24, 2.45) is 5.92 Å². The van der Waals surface area contributed by atoms with E-state index < -0.39 is 0 Å². The van der Waals surface area contributed by atoms with Crippen molar-refractivity contribution in [2.45, 2.75) is 25.3 Å². The summed E-state index contributed by atoms with van der Waals surface area (Å²) in [6, 6.07) is 10.5. The molecule has 1 N–H and O–H groups in total. The lowest BCUT2D eigenvalue weighted by molar-refractivity contribution is 0.0526. The fourth-order valence-electron chi connectivity index (χ4n) is 3.69. The molecule has 2 aliphatic rings. The second-order valence-electron chi connectivity index (χ2n) is 6.01. The number of carbonyl (C=O) groups excluding carboxylic acids is 1. The fraction of sp³-hybridized carbons (Fsp3) is 0.316. The first-order valence-corrected chi connectivity index (χ1v) is 8.93. The molecule has 2 heterocycles. The molecule has 23 heavy (non-hydrogen) atoms. The molecule has 0 saturated heterocycles. The quantitative estimate of drug-likeness (QED) is 0.653. The maximum Gasteiger partial charge on any atom is 0.338 e. The first-order chi connectivity index (χ1) is 11.3. The molecule has 0 spiro atoms. The van der Waals surface area contributed by atoms with Crippen LogP contribution < -0.4 is 5.32 Å². The summed E-state index contributed by atoms with van der Waals surface area (Å²) in [6.07, 6.45) is 5.63. The highest BCUT2D eigenvalue weighted by molar-refractivity contribution is 7.10. The number of anilines is 1. The molecule has 1 aromatic carbocycles. The molecular formula is C19H19NO2S. The van der Waals surface area contributed by atoms with Gasteiger partial charge < -0.3 is 10.1 Å². The third kappa shape index (κ3) is 2.47. The van der Waals surface area contributed by atoms with Gasteiger partial charge in [0.15, 0.2) is 0 Å².